The Bertz CT molecular complexity index is 932. The average Bonchev–Trinajstić information content (AvgIpc) is 3.31. The van der Waals surface area contributed by atoms with Gasteiger partial charge in [0, 0.05) is 5.69 Å². The number of benzene rings is 2. The molecular formula is C26H33NO5. The number of methoxy groups -OCH3 is 1. The number of rotatable bonds is 9. The maximum absolute atomic E-state index is 13.5. The van der Waals surface area contributed by atoms with Crippen LogP contribution in [0.25, 0.3) is 0 Å². The summed E-state index contributed by atoms with van der Waals surface area (Å²) in [6.45, 7) is 5.99. The number of ether oxygens (including phenoxy) is 3. The molecule has 1 N–H and O–H groups in total. The highest BCUT2D eigenvalue weighted by atomic mass is 16.5. The van der Waals surface area contributed by atoms with Gasteiger partial charge in [-0.3, -0.25) is 4.79 Å². The van der Waals surface area contributed by atoms with Crippen molar-refractivity contribution in [3.8, 4) is 11.5 Å². The van der Waals surface area contributed by atoms with Crippen LogP contribution in [0.2, 0.25) is 0 Å². The Morgan fingerprint density at radius 1 is 1.06 bits per heavy atom. The lowest BCUT2D eigenvalue weighted by Gasteiger charge is -2.28. The van der Waals surface area contributed by atoms with E-state index in [-0.39, 0.29) is 18.6 Å². The normalized spacial score (nSPS) is 15.6. The van der Waals surface area contributed by atoms with Crippen molar-refractivity contribution in [2.75, 3.05) is 19.0 Å². The molecule has 3 rings (SSSR count). The summed E-state index contributed by atoms with van der Waals surface area (Å²) in [6, 6.07) is 12.9. The van der Waals surface area contributed by atoms with Gasteiger partial charge in [0.25, 0.3) is 0 Å². The standard InChI is InChI=1S/C26H33NO5/c1-5-18(3)32-23-14-11-20(17-22(23)24(28)31-6-2)27-25(29)26(15-7-8-16-26)19-9-12-21(30-4)13-10-19/h9-14,17-18H,5-8,15-16H2,1-4H3,(H,27,29)/t18-/m0/s1. The van der Waals surface area contributed by atoms with E-state index in [1.165, 1.54) is 0 Å². The fourth-order valence-corrected chi connectivity index (χ4v) is 4.17. The summed E-state index contributed by atoms with van der Waals surface area (Å²) < 4.78 is 16.4. The Labute approximate surface area is 190 Å². The predicted octanol–water partition coefficient (Wildman–Crippen LogP) is 5.50. The molecule has 0 radical (unpaired) electrons. The van der Waals surface area contributed by atoms with Gasteiger partial charge in [-0.2, -0.15) is 0 Å². The zero-order valence-corrected chi connectivity index (χ0v) is 19.4. The van der Waals surface area contributed by atoms with Crippen molar-refractivity contribution in [2.45, 2.75) is 64.4 Å². The molecular weight excluding hydrogens is 406 g/mol. The third-order valence-corrected chi connectivity index (χ3v) is 6.17. The summed E-state index contributed by atoms with van der Waals surface area (Å²) in [7, 11) is 1.63. The van der Waals surface area contributed by atoms with Gasteiger partial charge < -0.3 is 19.5 Å². The van der Waals surface area contributed by atoms with Crippen LogP contribution in [-0.2, 0) is 14.9 Å². The molecule has 1 atom stereocenters. The molecule has 6 heteroatoms. The van der Waals surface area contributed by atoms with Gasteiger partial charge in [-0.15, -0.1) is 0 Å². The fraction of sp³-hybridized carbons (Fsp3) is 0.462. The molecule has 0 aromatic heterocycles. The van der Waals surface area contributed by atoms with E-state index < -0.39 is 11.4 Å². The molecule has 1 fully saturated rings. The molecule has 1 aliphatic rings. The van der Waals surface area contributed by atoms with Crippen molar-refractivity contribution in [1.29, 1.82) is 0 Å². The number of esters is 1. The van der Waals surface area contributed by atoms with E-state index in [0.717, 1.165) is 43.4 Å². The molecule has 6 nitrogen and oxygen atoms in total. The van der Waals surface area contributed by atoms with Crippen LogP contribution in [0.4, 0.5) is 5.69 Å². The van der Waals surface area contributed by atoms with E-state index in [2.05, 4.69) is 5.32 Å². The van der Waals surface area contributed by atoms with Gasteiger partial charge >= 0.3 is 5.97 Å². The lowest BCUT2D eigenvalue weighted by atomic mass is 9.78. The summed E-state index contributed by atoms with van der Waals surface area (Å²) in [5.41, 5.74) is 1.25. The molecule has 2 aromatic carbocycles. The zero-order valence-electron chi connectivity index (χ0n) is 19.4. The van der Waals surface area contributed by atoms with E-state index in [1.54, 1.807) is 32.2 Å². The Morgan fingerprint density at radius 3 is 2.34 bits per heavy atom. The molecule has 32 heavy (non-hydrogen) atoms. The molecule has 0 aliphatic heterocycles. The second-order valence-corrected chi connectivity index (χ2v) is 8.24. The number of hydrogen-bond donors (Lipinski definition) is 1. The van der Waals surface area contributed by atoms with Gasteiger partial charge in [-0.05, 0) is 69.0 Å². The molecule has 0 bridgehead atoms. The zero-order chi connectivity index (χ0) is 23.1. The van der Waals surface area contributed by atoms with Gasteiger partial charge in [0.1, 0.15) is 17.1 Å². The van der Waals surface area contributed by atoms with Crippen LogP contribution < -0.4 is 14.8 Å². The number of nitrogens with one attached hydrogen (secondary N) is 1. The molecule has 0 saturated heterocycles. The first-order valence-corrected chi connectivity index (χ1v) is 11.4. The van der Waals surface area contributed by atoms with Crippen LogP contribution in [0, 0.1) is 0 Å². The topological polar surface area (TPSA) is 73.9 Å². The number of carbonyl (C=O) groups is 2. The van der Waals surface area contributed by atoms with E-state index in [0.29, 0.717) is 17.0 Å². The van der Waals surface area contributed by atoms with Crippen molar-refractivity contribution < 1.29 is 23.8 Å². The van der Waals surface area contributed by atoms with Crippen LogP contribution in [-0.4, -0.2) is 31.7 Å². The quantitative estimate of drug-likeness (QED) is 0.522. The van der Waals surface area contributed by atoms with Crippen LogP contribution >= 0.6 is 0 Å². The minimum atomic E-state index is -0.595. The molecule has 1 saturated carbocycles. The van der Waals surface area contributed by atoms with Gasteiger partial charge in [0.2, 0.25) is 5.91 Å². The lowest BCUT2D eigenvalue weighted by Crippen LogP contribution is -2.38. The molecule has 0 spiro atoms. The second kappa shape index (κ2) is 10.5. The second-order valence-electron chi connectivity index (χ2n) is 8.24. The fourth-order valence-electron chi connectivity index (χ4n) is 4.17. The number of anilines is 1. The SMILES string of the molecule is CCOC(=O)c1cc(NC(=O)C2(c3ccc(OC)cc3)CCCC2)ccc1O[C@@H](C)CC. The summed E-state index contributed by atoms with van der Waals surface area (Å²) in [6.07, 6.45) is 4.33. The first-order chi connectivity index (χ1) is 15.4. The largest absolute Gasteiger partial charge is 0.497 e. The highest BCUT2D eigenvalue weighted by molar-refractivity contribution is 6.01. The van der Waals surface area contributed by atoms with E-state index in [4.69, 9.17) is 14.2 Å². The average molecular weight is 440 g/mol. The van der Waals surface area contributed by atoms with Gasteiger partial charge in [-0.25, -0.2) is 4.79 Å². The Kier molecular flexibility index (Phi) is 7.78. The Morgan fingerprint density at radius 2 is 1.75 bits per heavy atom. The van der Waals surface area contributed by atoms with Gasteiger partial charge in [0.05, 0.1) is 25.2 Å². The van der Waals surface area contributed by atoms with Crippen LogP contribution in [0.5, 0.6) is 11.5 Å². The highest BCUT2D eigenvalue weighted by Gasteiger charge is 2.42. The Hall–Kier alpha value is -3.02. The summed E-state index contributed by atoms with van der Waals surface area (Å²) in [5, 5.41) is 3.05. The van der Waals surface area contributed by atoms with E-state index in [9.17, 15) is 9.59 Å². The van der Waals surface area contributed by atoms with Crippen molar-refractivity contribution in [2.24, 2.45) is 0 Å². The molecule has 172 valence electrons. The smallest absolute Gasteiger partial charge is 0.341 e. The van der Waals surface area contributed by atoms with Crippen molar-refractivity contribution >= 4 is 17.6 Å². The van der Waals surface area contributed by atoms with Crippen molar-refractivity contribution in [3.63, 3.8) is 0 Å². The third-order valence-electron chi connectivity index (χ3n) is 6.17. The maximum Gasteiger partial charge on any atom is 0.341 e. The van der Waals surface area contributed by atoms with E-state index in [1.807, 2.05) is 38.1 Å². The van der Waals surface area contributed by atoms with Crippen LogP contribution in [0.1, 0.15) is 68.8 Å². The van der Waals surface area contributed by atoms with E-state index >= 15 is 0 Å². The van der Waals surface area contributed by atoms with Gasteiger partial charge in [0.15, 0.2) is 0 Å². The number of amides is 1. The third kappa shape index (κ3) is 5.06. The monoisotopic (exact) mass is 439 g/mol. The van der Waals surface area contributed by atoms with Crippen molar-refractivity contribution in [1.82, 2.24) is 0 Å². The molecule has 1 aliphatic carbocycles. The predicted molar refractivity (Wildman–Crippen MR) is 125 cm³/mol. The first kappa shape index (κ1) is 23.6. The molecule has 0 heterocycles. The van der Waals surface area contributed by atoms with Crippen LogP contribution in [0.15, 0.2) is 42.5 Å². The van der Waals surface area contributed by atoms with Gasteiger partial charge in [-0.1, -0.05) is 31.9 Å². The maximum atomic E-state index is 13.5. The lowest BCUT2D eigenvalue weighted by molar-refractivity contribution is -0.121. The summed E-state index contributed by atoms with van der Waals surface area (Å²) in [5.74, 6) is 0.693. The number of carbonyl (C=O) groups excluding carboxylic acids is 2. The molecule has 1 amide bonds. The van der Waals surface area contributed by atoms with Crippen LogP contribution in [0.3, 0.4) is 0 Å². The highest BCUT2D eigenvalue weighted by Crippen LogP contribution is 2.42. The minimum Gasteiger partial charge on any atom is -0.497 e. The molecule has 2 aromatic rings. The minimum absolute atomic E-state index is 0.0413. The summed E-state index contributed by atoms with van der Waals surface area (Å²) in [4.78, 5) is 26.1. The molecule has 0 unspecified atom stereocenters. The first-order valence-electron chi connectivity index (χ1n) is 11.4. The summed E-state index contributed by atoms with van der Waals surface area (Å²) >= 11 is 0. The Balaban J connectivity index is 1.89. The van der Waals surface area contributed by atoms with Crippen molar-refractivity contribution in [3.05, 3.63) is 53.6 Å². The number of hydrogen-bond acceptors (Lipinski definition) is 5.